The molecule has 106 valence electrons. The van der Waals surface area contributed by atoms with Crippen molar-refractivity contribution in [3.63, 3.8) is 0 Å². The Hall–Kier alpha value is -1.17. The number of halogens is 1. The average Bonchev–Trinajstić information content (AvgIpc) is 2.46. The summed E-state index contributed by atoms with van der Waals surface area (Å²) in [7, 11) is -3.52. The van der Waals surface area contributed by atoms with Gasteiger partial charge in [-0.05, 0) is 30.2 Å². The minimum atomic E-state index is -3.52. The molecular formula is C15H16BrNO2S. The minimum Gasteiger partial charge on any atom is -0.207 e. The highest BCUT2D eigenvalue weighted by Gasteiger charge is 2.20. The van der Waals surface area contributed by atoms with Crippen LogP contribution in [0.25, 0.3) is 0 Å². The van der Waals surface area contributed by atoms with E-state index in [-0.39, 0.29) is 10.9 Å². The molecule has 2 aromatic carbocycles. The molecule has 0 aliphatic rings. The summed E-state index contributed by atoms with van der Waals surface area (Å²) in [5, 5.41) is 0. The summed E-state index contributed by atoms with van der Waals surface area (Å²) in [5.74, 6) is 0. The van der Waals surface area contributed by atoms with E-state index in [1.54, 1.807) is 24.3 Å². The standard InChI is InChI=1S/C15H16BrNO2S/c1-2-15(12-7-4-3-5-8-12)17-20(18,19)14-10-6-9-13(16)11-14/h3-11,15,17H,2H2,1H3. The van der Waals surface area contributed by atoms with Gasteiger partial charge in [0.25, 0.3) is 0 Å². The van der Waals surface area contributed by atoms with Crippen LogP contribution >= 0.6 is 15.9 Å². The number of rotatable bonds is 5. The number of benzene rings is 2. The molecule has 0 spiro atoms. The summed E-state index contributed by atoms with van der Waals surface area (Å²) < 4.78 is 28.3. The van der Waals surface area contributed by atoms with E-state index in [0.717, 1.165) is 10.0 Å². The van der Waals surface area contributed by atoms with Crippen molar-refractivity contribution in [2.45, 2.75) is 24.3 Å². The van der Waals surface area contributed by atoms with Gasteiger partial charge in [-0.2, -0.15) is 0 Å². The third kappa shape index (κ3) is 3.69. The van der Waals surface area contributed by atoms with E-state index in [4.69, 9.17) is 0 Å². The molecular weight excluding hydrogens is 338 g/mol. The van der Waals surface area contributed by atoms with Crippen LogP contribution in [0.2, 0.25) is 0 Å². The van der Waals surface area contributed by atoms with Crippen molar-refractivity contribution in [1.82, 2.24) is 4.72 Å². The second kappa shape index (κ2) is 6.52. The number of sulfonamides is 1. The summed E-state index contributed by atoms with van der Waals surface area (Å²) in [6, 6.07) is 16.1. The molecule has 5 heteroatoms. The van der Waals surface area contributed by atoms with Crippen molar-refractivity contribution in [1.29, 1.82) is 0 Å². The fourth-order valence-corrected chi connectivity index (χ4v) is 3.87. The lowest BCUT2D eigenvalue weighted by molar-refractivity contribution is 0.550. The highest BCUT2D eigenvalue weighted by Crippen LogP contribution is 2.21. The van der Waals surface area contributed by atoms with Crippen LogP contribution in [0, 0.1) is 0 Å². The summed E-state index contributed by atoms with van der Waals surface area (Å²) in [5.41, 5.74) is 0.966. The molecule has 0 radical (unpaired) electrons. The number of hydrogen-bond acceptors (Lipinski definition) is 2. The third-order valence-corrected chi connectivity index (χ3v) is 4.98. The fourth-order valence-electron chi connectivity index (χ4n) is 1.96. The molecule has 3 nitrogen and oxygen atoms in total. The Labute approximate surface area is 128 Å². The van der Waals surface area contributed by atoms with Crippen LogP contribution in [-0.2, 0) is 10.0 Å². The molecule has 0 saturated heterocycles. The van der Waals surface area contributed by atoms with Gasteiger partial charge in [0.15, 0.2) is 0 Å². The second-order valence-electron chi connectivity index (χ2n) is 4.45. The first-order chi connectivity index (χ1) is 9.53. The molecule has 0 aromatic heterocycles. The summed E-state index contributed by atoms with van der Waals surface area (Å²) in [6.45, 7) is 1.96. The van der Waals surface area contributed by atoms with Gasteiger partial charge in [-0.15, -0.1) is 0 Å². The van der Waals surface area contributed by atoms with Crippen molar-refractivity contribution < 1.29 is 8.42 Å². The lowest BCUT2D eigenvalue weighted by Crippen LogP contribution is -2.28. The van der Waals surface area contributed by atoms with Gasteiger partial charge in [0, 0.05) is 10.5 Å². The Kier molecular flexibility index (Phi) is 4.96. The highest BCUT2D eigenvalue weighted by atomic mass is 79.9. The Morgan fingerprint density at radius 2 is 1.80 bits per heavy atom. The topological polar surface area (TPSA) is 46.2 Å². The maximum atomic E-state index is 12.4. The maximum Gasteiger partial charge on any atom is 0.241 e. The zero-order valence-corrected chi connectivity index (χ0v) is 13.5. The van der Waals surface area contributed by atoms with Gasteiger partial charge >= 0.3 is 0 Å². The van der Waals surface area contributed by atoms with Crippen molar-refractivity contribution in [3.8, 4) is 0 Å². The number of nitrogens with one attached hydrogen (secondary N) is 1. The lowest BCUT2D eigenvalue weighted by Gasteiger charge is -2.17. The first-order valence-corrected chi connectivity index (χ1v) is 8.63. The van der Waals surface area contributed by atoms with Crippen LogP contribution in [-0.4, -0.2) is 8.42 Å². The van der Waals surface area contributed by atoms with Crippen LogP contribution in [0.15, 0.2) is 64.0 Å². The van der Waals surface area contributed by atoms with E-state index in [1.165, 1.54) is 0 Å². The van der Waals surface area contributed by atoms with Gasteiger partial charge < -0.3 is 0 Å². The summed E-state index contributed by atoms with van der Waals surface area (Å²) in [6.07, 6.45) is 0.692. The molecule has 0 saturated carbocycles. The molecule has 1 N–H and O–H groups in total. The molecule has 0 bridgehead atoms. The third-order valence-electron chi connectivity index (χ3n) is 3.01. The maximum absolute atomic E-state index is 12.4. The van der Waals surface area contributed by atoms with Crippen LogP contribution < -0.4 is 4.72 Å². The minimum absolute atomic E-state index is 0.222. The van der Waals surface area contributed by atoms with E-state index in [2.05, 4.69) is 20.7 Å². The van der Waals surface area contributed by atoms with E-state index in [9.17, 15) is 8.42 Å². The SMILES string of the molecule is CCC(NS(=O)(=O)c1cccc(Br)c1)c1ccccc1. The molecule has 2 rings (SSSR count). The van der Waals surface area contributed by atoms with Crippen LogP contribution in [0.1, 0.15) is 24.9 Å². The molecule has 2 aromatic rings. The van der Waals surface area contributed by atoms with Crippen molar-refractivity contribution in [2.75, 3.05) is 0 Å². The van der Waals surface area contributed by atoms with Gasteiger partial charge in [0.2, 0.25) is 10.0 Å². The van der Waals surface area contributed by atoms with Crippen molar-refractivity contribution in [3.05, 3.63) is 64.6 Å². The smallest absolute Gasteiger partial charge is 0.207 e. The van der Waals surface area contributed by atoms with Gasteiger partial charge in [0.1, 0.15) is 0 Å². The molecule has 0 aliphatic carbocycles. The van der Waals surface area contributed by atoms with Crippen molar-refractivity contribution in [2.24, 2.45) is 0 Å². The van der Waals surface area contributed by atoms with Gasteiger partial charge in [-0.25, -0.2) is 13.1 Å². The highest BCUT2D eigenvalue weighted by molar-refractivity contribution is 9.10. The van der Waals surface area contributed by atoms with E-state index in [1.807, 2.05) is 37.3 Å². The van der Waals surface area contributed by atoms with Crippen LogP contribution in [0.3, 0.4) is 0 Å². The number of hydrogen-bond donors (Lipinski definition) is 1. The Morgan fingerprint density at radius 3 is 2.40 bits per heavy atom. The van der Waals surface area contributed by atoms with Crippen LogP contribution in [0.5, 0.6) is 0 Å². The van der Waals surface area contributed by atoms with Crippen LogP contribution in [0.4, 0.5) is 0 Å². The Bertz CT molecular complexity index is 671. The second-order valence-corrected chi connectivity index (χ2v) is 7.08. The monoisotopic (exact) mass is 353 g/mol. The van der Waals surface area contributed by atoms with Gasteiger partial charge in [0.05, 0.1) is 4.90 Å². The molecule has 1 unspecified atom stereocenters. The molecule has 1 atom stereocenters. The van der Waals surface area contributed by atoms with Crippen molar-refractivity contribution >= 4 is 26.0 Å². The predicted octanol–water partition coefficient (Wildman–Crippen LogP) is 3.88. The predicted molar refractivity (Wildman–Crippen MR) is 83.9 cm³/mol. The van der Waals surface area contributed by atoms with E-state index >= 15 is 0 Å². The molecule has 0 fully saturated rings. The first kappa shape index (κ1) is 15.2. The molecule has 0 heterocycles. The molecule has 20 heavy (non-hydrogen) atoms. The quantitative estimate of drug-likeness (QED) is 0.886. The Morgan fingerprint density at radius 1 is 1.10 bits per heavy atom. The zero-order chi connectivity index (χ0) is 14.6. The fraction of sp³-hybridized carbons (Fsp3) is 0.200. The average molecular weight is 354 g/mol. The molecule has 0 aliphatic heterocycles. The van der Waals surface area contributed by atoms with E-state index < -0.39 is 10.0 Å². The summed E-state index contributed by atoms with van der Waals surface area (Å²) >= 11 is 3.29. The largest absolute Gasteiger partial charge is 0.241 e. The van der Waals surface area contributed by atoms with Gasteiger partial charge in [-0.3, -0.25) is 0 Å². The summed E-state index contributed by atoms with van der Waals surface area (Å²) in [4.78, 5) is 0.265. The Balaban J connectivity index is 2.27. The van der Waals surface area contributed by atoms with Gasteiger partial charge in [-0.1, -0.05) is 59.3 Å². The first-order valence-electron chi connectivity index (χ1n) is 6.36. The normalized spacial score (nSPS) is 13.1. The lowest BCUT2D eigenvalue weighted by atomic mass is 10.1. The van der Waals surface area contributed by atoms with E-state index in [0.29, 0.717) is 6.42 Å². The zero-order valence-electron chi connectivity index (χ0n) is 11.1. The molecule has 0 amide bonds.